The van der Waals surface area contributed by atoms with Crippen molar-refractivity contribution in [2.24, 2.45) is 4.99 Å². The molecule has 0 radical (unpaired) electrons. The summed E-state index contributed by atoms with van der Waals surface area (Å²) in [4.78, 5) is 3.99. The highest BCUT2D eigenvalue weighted by atomic mass is 14.7. The van der Waals surface area contributed by atoms with Crippen molar-refractivity contribution < 1.29 is 0 Å². The Kier molecular flexibility index (Phi) is 7.41. The number of aliphatic imine (C=N–C) groups is 1. The highest BCUT2D eigenvalue weighted by Crippen LogP contribution is 1.84. The maximum atomic E-state index is 6.68. The first kappa shape index (κ1) is 9.12. The number of hydrogen-bond donors (Lipinski definition) is 1. The second kappa shape index (κ2) is 8.12. The van der Waals surface area contributed by atoms with Gasteiger partial charge in [-0.1, -0.05) is 13.3 Å². The van der Waals surface area contributed by atoms with Gasteiger partial charge >= 0.3 is 0 Å². The third-order valence-corrected chi connectivity index (χ3v) is 1.04. The van der Waals surface area contributed by atoms with Crippen LogP contribution in [0.3, 0.4) is 0 Å². The molecule has 0 atom stereocenters. The second-order valence-corrected chi connectivity index (χ2v) is 2.01. The standard InChI is InChI=1S/C8H14N2/c1-2-3-7-10-8-5-4-6-9/h5-6,9H,2-4,7H2,1H3. The molecule has 0 aromatic carbocycles. The minimum absolute atomic E-state index is 0.648. The van der Waals surface area contributed by atoms with E-state index in [9.17, 15) is 0 Å². The zero-order valence-electron chi connectivity index (χ0n) is 6.43. The van der Waals surface area contributed by atoms with Gasteiger partial charge in [-0.15, -0.1) is 0 Å². The number of nitrogens with one attached hydrogen (secondary N) is 1. The summed E-state index contributed by atoms with van der Waals surface area (Å²) in [5, 5.41) is 6.68. The SMILES string of the molecule is CCCCN=C=CCC=N. The van der Waals surface area contributed by atoms with Gasteiger partial charge in [0.25, 0.3) is 0 Å². The Morgan fingerprint density at radius 3 is 3.00 bits per heavy atom. The summed E-state index contributed by atoms with van der Waals surface area (Å²) < 4.78 is 0. The van der Waals surface area contributed by atoms with Gasteiger partial charge in [-0.05, 0) is 24.6 Å². The lowest BCUT2D eigenvalue weighted by Gasteiger charge is -1.83. The molecule has 0 fully saturated rings. The molecule has 56 valence electrons. The molecule has 2 nitrogen and oxygen atoms in total. The van der Waals surface area contributed by atoms with Crippen LogP contribution in [0.1, 0.15) is 26.2 Å². The summed E-state index contributed by atoms with van der Waals surface area (Å²) in [6, 6.07) is 0. The Bertz CT molecular complexity index is 132. The molecule has 0 unspecified atom stereocenters. The van der Waals surface area contributed by atoms with Crippen LogP contribution in [-0.4, -0.2) is 18.6 Å². The monoisotopic (exact) mass is 138 g/mol. The number of allylic oxidation sites excluding steroid dienone is 1. The van der Waals surface area contributed by atoms with Crippen LogP contribution in [0.2, 0.25) is 0 Å². The molecule has 0 aliphatic heterocycles. The molecule has 0 rings (SSSR count). The van der Waals surface area contributed by atoms with Gasteiger partial charge in [0.2, 0.25) is 0 Å². The van der Waals surface area contributed by atoms with Crippen molar-refractivity contribution in [1.82, 2.24) is 0 Å². The van der Waals surface area contributed by atoms with Gasteiger partial charge in [0, 0.05) is 13.0 Å². The van der Waals surface area contributed by atoms with Crippen molar-refractivity contribution in [2.45, 2.75) is 26.2 Å². The first-order valence-corrected chi connectivity index (χ1v) is 3.64. The van der Waals surface area contributed by atoms with Crippen LogP contribution in [0.15, 0.2) is 11.1 Å². The minimum atomic E-state index is 0.648. The summed E-state index contributed by atoms with van der Waals surface area (Å²) in [5.74, 6) is 2.77. The Hall–Kier alpha value is -0.880. The fraction of sp³-hybridized carbons (Fsp3) is 0.625. The van der Waals surface area contributed by atoms with Crippen LogP contribution in [-0.2, 0) is 0 Å². The Morgan fingerprint density at radius 1 is 1.60 bits per heavy atom. The van der Waals surface area contributed by atoms with E-state index in [0.29, 0.717) is 6.42 Å². The van der Waals surface area contributed by atoms with Gasteiger partial charge in [-0.25, -0.2) is 4.99 Å². The first-order chi connectivity index (χ1) is 4.91. The maximum Gasteiger partial charge on any atom is 0.0483 e. The lowest BCUT2D eigenvalue weighted by Crippen LogP contribution is -1.76. The van der Waals surface area contributed by atoms with E-state index in [1.165, 1.54) is 12.6 Å². The van der Waals surface area contributed by atoms with Crippen LogP contribution < -0.4 is 0 Å². The molecule has 0 saturated carbocycles. The number of rotatable bonds is 5. The van der Waals surface area contributed by atoms with Crippen molar-refractivity contribution in [3.05, 3.63) is 6.08 Å². The van der Waals surface area contributed by atoms with Gasteiger partial charge in [-0.2, -0.15) is 0 Å². The normalized spacial score (nSPS) is 8.10. The predicted octanol–water partition coefficient (Wildman–Crippen LogP) is 2.05. The summed E-state index contributed by atoms with van der Waals surface area (Å²) >= 11 is 0. The van der Waals surface area contributed by atoms with Crippen LogP contribution in [0.5, 0.6) is 0 Å². The summed E-state index contributed by atoms with van der Waals surface area (Å²) in [6.45, 7) is 3.00. The molecule has 0 bridgehead atoms. The first-order valence-electron chi connectivity index (χ1n) is 3.64. The van der Waals surface area contributed by atoms with E-state index < -0.39 is 0 Å². The molecule has 0 aromatic heterocycles. The highest BCUT2D eigenvalue weighted by molar-refractivity contribution is 5.62. The molecule has 0 aliphatic rings. The van der Waals surface area contributed by atoms with E-state index in [-0.39, 0.29) is 0 Å². The van der Waals surface area contributed by atoms with Crippen molar-refractivity contribution in [3.63, 3.8) is 0 Å². The van der Waals surface area contributed by atoms with Gasteiger partial charge < -0.3 is 5.41 Å². The van der Waals surface area contributed by atoms with Crippen LogP contribution in [0.4, 0.5) is 0 Å². The van der Waals surface area contributed by atoms with Crippen molar-refractivity contribution in [2.75, 3.05) is 6.54 Å². The van der Waals surface area contributed by atoms with Crippen LogP contribution in [0, 0.1) is 5.41 Å². The fourth-order valence-electron chi connectivity index (χ4n) is 0.478. The topological polar surface area (TPSA) is 36.2 Å². The molecule has 0 aromatic rings. The van der Waals surface area contributed by atoms with Gasteiger partial charge in [-0.3, -0.25) is 0 Å². The average molecular weight is 138 g/mol. The second-order valence-electron chi connectivity index (χ2n) is 2.01. The molecule has 0 heterocycles. The number of hydrogen-bond acceptors (Lipinski definition) is 2. The zero-order valence-corrected chi connectivity index (χ0v) is 6.43. The molecule has 10 heavy (non-hydrogen) atoms. The summed E-state index contributed by atoms with van der Waals surface area (Å²) in [5.41, 5.74) is 0. The highest BCUT2D eigenvalue weighted by Gasteiger charge is 1.74. The van der Waals surface area contributed by atoms with E-state index in [0.717, 1.165) is 13.0 Å². The Labute approximate surface area is 62.2 Å². The molecule has 2 heteroatoms. The molecule has 0 amide bonds. The lowest BCUT2D eigenvalue weighted by molar-refractivity contribution is 0.811. The Balaban J connectivity index is 3.25. The molecular formula is C8H14N2. The molecule has 0 saturated heterocycles. The van der Waals surface area contributed by atoms with E-state index >= 15 is 0 Å². The van der Waals surface area contributed by atoms with Crippen molar-refractivity contribution >= 4 is 12.1 Å². The number of unbranched alkanes of at least 4 members (excludes halogenated alkanes) is 1. The minimum Gasteiger partial charge on any atom is -0.313 e. The molecule has 1 N–H and O–H groups in total. The third-order valence-electron chi connectivity index (χ3n) is 1.04. The van der Waals surface area contributed by atoms with Gasteiger partial charge in [0.1, 0.15) is 0 Å². The van der Waals surface area contributed by atoms with Crippen LogP contribution in [0.25, 0.3) is 0 Å². The predicted molar refractivity (Wildman–Crippen MR) is 45.2 cm³/mol. The average Bonchev–Trinajstić information content (AvgIpc) is 1.97. The maximum absolute atomic E-state index is 6.68. The quantitative estimate of drug-likeness (QED) is 0.446. The van der Waals surface area contributed by atoms with Crippen LogP contribution >= 0.6 is 0 Å². The smallest absolute Gasteiger partial charge is 0.0483 e. The molecular weight excluding hydrogens is 124 g/mol. The molecule has 0 aliphatic carbocycles. The van der Waals surface area contributed by atoms with Gasteiger partial charge in [0.15, 0.2) is 0 Å². The van der Waals surface area contributed by atoms with Crippen molar-refractivity contribution in [1.29, 1.82) is 5.41 Å². The third kappa shape index (κ3) is 7.12. The van der Waals surface area contributed by atoms with E-state index in [2.05, 4.69) is 17.8 Å². The van der Waals surface area contributed by atoms with Crippen molar-refractivity contribution in [3.8, 4) is 0 Å². The largest absolute Gasteiger partial charge is 0.313 e. The number of nitrogens with zero attached hydrogens (tertiary/aromatic N) is 1. The fourth-order valence-corrected chi connectivity index (χ4v) is 0.478. The molecule has 0 spiro atoms. The Morgan fingerprint density at radius 2 is 2.40 bits per heavy atom. The van der Waals surface area contributed by atoms with Gasteiger partial charge in [0.05, 0.1) is 0 Å². The van der Waals surface area contributed by atoms with E-state index in [1.807, 2.05) is 0 Å². The lowest BCUT2D eigenvalue weighted by atomic mass is 10.3. The van der Waals surface area contributed by atoms with E-state index in [1.54, 1.807) is 6.08 Å². The van der Waals surface area contributed by atoms with E-state index in [4.69, 9.17) is 5.41 Å². The summed E-state index contributed by atoms with van der Waals surface area (Å²) in [7, 11) is 0. The summed E-state index contributed by atoms with van der Waals surface area (Å²) in [6.07, 6.45) is 6.06. The zero-order chi connectivity index (χ0) is 7.66.